The van der Waals surface area contributed by atoms with E-state index in [0.717, 1.165) is 11.3 Å². The molecule has 0 aromatic heterocycles. The summed E-state index contributed by atoms with van der Waals surface area (Å²) in [7, 11) is 0. The van der Waals surface area contributed by atoms with Gasteiger partial charge in [-0.25, -0.2) is 0 Å². The van der Waals surface area contributed by atoms with Gasteiger partial charge in [0.25, 0.3) is 0 Å². The van der Waals surface area contributed by atoms with Crippen LogP contribution >= 0.6 is 0 Å². The highest BCUT2D eigenvalue weighted by Gasteiger charge is 2.09. The largest absolute Gasteiger partial charge is 0.372 e. The molecule has 0 spiro atoms. The first kappa shape index (κ1) is 13.9. The Hall–Kier alpha value is -2.09. The van der Waals surface area contributed by atoms with Gasteiger partial charge in [-0.05, 0) is 42.7 Å². The molecule has 0 amide bonds. The van der Waals surface area contributed by atoms with Crippen LogP contribution in [-0.2, 0) is 0 Å². The van der Waals surface area contributed by atoms with Crippen LogP contribution in [0, 0.1) is 0 Å². The molecular formula is C19H22N2. The van der Waals surface area contributed by atoms with Gasteiger partial charge in [0.1, 0.15) is 0 Å². The highest BCUT2D eigenvalue weighted by Crippen LogP contribution is 2.20. The van der Waals surface area contributed by atoms with Crippen LogP contribution in [0.15, 0.2) is 59.6 Å². The Labute approximate surface area is 127 Å². The van der Waals surface area contributed by atoms with Crippen molar-refractivity contribution >= 4 is 17.6 Å². The molecule has 21 heavy (non-hydrogen) atoms. The van der Waals surface area contributed by atoms with Crippen LogP contribution in [0.25, 0.3) is 0 Å². The normalized spacial score (nSPS) is 16.1. The number of aliphatic imine (C=N–C) groups is 1. The van der Waals surface area contributed by atoms with Crippen molar-refractivity contribution < 1.29 is 0 Å². The molecule has 2 heteroatoms. The number of hydrogen-bond donors (Lipinski definition) is 0. The first-order valence-electron chi connectivity index (χ1n) is 7.86. The summed E-state index contributed by atoms with van der Waals surface area (Å²) in [5, 5.41) is 0. The summed E-state index contributed by atoms with van der Waals surface area (Å²) in [6.07, 6.45) is 7.31. The van der Waals surface area contributed by atoms with Gasteiger partial charge in [-0.2, -0.15) is 0 Å². The van der Waals surface area contributed by atoms with Gasteiger partial charge in [-0.3, -0.25) is 4.99 Å². The molecule has 0 aliphatic carbocycles. The number of nitrogens with zero attached hydrogens (tertiary/aromatic N) is 2. The number of para-hydroxylation sites is 1. The van der Waals surface area contributed by atoms with Gasteiger partial charge in [-0.15, -0.1) is 0 Å². The Morgan fingerprint density at radius 2 is 1.43 bits per heavy atom. The molecule has 1 fully saturated rings. The van der Waals surface area contributed by atoms with Crippen LogP contribution in [0.4, 0.5) is 11.4 Å². The lowest BCUT2D eigenvalue weighted by molar-refractivity contribution is 0.726. The lowest BCUT2D eigenvalue weighted by Crippen LogP contribution is -2.23. The summed E-state index contributed by atoms with van der Waals surface area (Å²) >= 11 is 0. The van der Waals surface area contributed by atoms with Crippen molar-refractivity contribution in [3.63, 3.8) is 0 Å². The van der Waals surface area contributed by atoms with E-state index >= 15 is 0 Å². The number of benzene rings is 2. The molecule has 1 heterocycles. The Morgan fingerprint density at radius 1 is 0.762 bits per heavy atom. The van der Waals surface area contributed by atoms with Crippen molar-refractivity contribution in [2.75, 3.05) is 18.0 Å². The van der Waals surface area contributed by atoms with E-state index in [4.69, 9.17) is 0 Å². The third-order valence-electron chi connectivity index (χ3n) is 3.98. The summed E-state index contributed by atoms with van der Waals surface area (Å²) in [6.45, 7) is 2.38. The molecule has 1 aliphatic heterocycles. The molecule has 1 saturated heterocycles. The molecule has 3 rings (SSSR count). The summed E-state index contributed by atoms with van der Waals surface area (Å²) in [4.78, 5) is 7.00. The minimum atomic E-state index is 0.995. The van der Waals surface area contributed by atoms with Gasteiger partial charge >= 0.3 is 0 Å². The van der Waals surface area contributed by atoms with Crippen molar-refractivity contribution in [2.45, 2.75) is 25.7 Å². The van der Waals surface area contributed by atoms with Gasteiger partial charge in [0.05, 0.1) is 5.69 Å². The topological polar surface area (TPSA) is 15.6 Å². The van der Waals surface area contributed by atoms with Crippen molar-refractivity contribution in [1.29, 1.82) is 0 Å². The lowest BCUT2D eigenvalue weighted by Gasteiger charge is -2.22. The first-order chi connectivity index (χ1) is 10.4. The van der Waals surface area contributed by atoms with E-state index in [9.17, 15) is 0 Å². The fraction of sp³-hybridized carbons (Fsp3) is 0.316. The van der Waals surface area contributed by atoms with Gasteiger partial charge < -0.3 is 4.90 Å². The highest BCUT2D eigenvalue weighted by molar-refractivity contribution is 5.82. The van der Waals surface area contributed by atoms with Gasteiger partial charge in [-0.1, -0.05) is 43.2 Å². The molecule has 0 bridgehead atoms. The molecule has 0 N–H and O–H groups in total. The van der Waals surface area contributed by atoms with Crippen LogP contribution in [0.5, 0.6) is 0 Å². The van der Waals surface area contributed by atoms with E-state index in [1.165, 1.54) is 44.5 Å². The minimum absolute atomic E-state index is 0.995. The molecule has 0 radical (unpaired) electrons. The SMILES string of the molecule is C(=Nc1ccccc1)c1ccc(N2CCCCCC2)cc1. The zero-order chi connectivity index (χ0) is 14.3. The number of hydrogen-bond acceptors (Lipinski definition) is 2. The average Bonchev–Trinajstić information content (AvgIpc) is 2.84. The molecule has 0 unspecified atom stereocenters. The molecule has 2 nitrogen and oxygen atoms in total. The standard InChI is InChI=1S/C19H22N2/c1-2-7-15-21(14-6-1)19-12-10-17(11-13-19)16-20-18-8-4-3-5-9-18/h3-5,8-13,16H,1-2,6-7,14-15H2. The predicted octanol–water partition coefficient (Wildman–Crippen LogP) is 4.82. The van der Waals surface area contributed by atoms with Crippen molar-refractivity contribution in [2.24, 2.45) is 4.99 Å². The summed E-state index contributed by atoms with van der Waals surface area (Å²) < 4.78 is 0. The summed E-state index contributed by atoms with van der Waals surface area (Å²) in [6, 6.07) is 18.8. The smallest absolute Gasteiger partial charge is 0.0629 e. The van der Waals surface area contributed by atoms with E-state index in [1.807, 2.05) is 36.5 Å². The number of rotatable bonds is 3. The lowest BCUT2D eigenvalue weighted by atomic mass is 10.2. The van der Waals surface area contributed by atoms with Crippen LogP contribution in [0.3, 0.4) is 0 Å². The fourth-order valence-electron chi connectivity index (χ4n) is 2.76. The maximum Gasteiger partial charge on any atom is 0.0629 e. The maximum atomic E-state index is 4.50. The summed E-state index contributed by atoms with van der Waals surface area (Å²) in [5.41, 5.74) is 3.49. The van der Waals surface area contributed by atoms with Crippen molar-refractivity contribution in [1.82, 2.24) is 0 Å². The second-order valence-electron chi connectivity index (χ2n) is 5.59. The van der Waals surface area contributed by atoms with Crippen LogP contribution in [0.2, 0.25) is 0 Å². The predicted molar refractivity (Wildman–Crippen MR) is 90.8 cm³/mol. The second kappa shape index (κ2) is 7.07. The maximum absolute atomic E-state index is 4.50. The van der Waals surface area contributed by atoms with E-state index in [2.05, 4.69) is 34.2 Å². The van der Waals surface area contributed by atoms with Crippen molar-refractivity contribution in [3.05, 3.63) is 60.2 Å². The number of anilines is 1. The molecule has 0 saturated carbocycles. The molecule has 108 valence electrons. The highest BCUT2D eigenvalue weighted by atomic mass is 15.1. The molecular weight excluding hydrogens is 256 g/mol. The van der Waals surface area contributed by atoms with Crippen molar-refractivity contribution in [3.8, 4) is 0 Å². The monoisotopic (exact) mass is 278 g/mol. The quantitative estimate of drug-likeness (QED) is 0.735. The van der Waals surface area contributed by atoms with E-state index in [1.54, 1.807) is 0 Å². The Kier molecular flexibility index (Phi) is 4.67. The average molecular weight is 278 g/mol. The third kappa shape index (κ3) is 3.94. The molecule has 1 aliphatic rings. The fourth-order valence-corrected chi connectivity index (χ4v) is 2.76. The third-order valence-corrected chi connectivity index (χ3v) is 3.98. The Morgan fingerprint density at radius 3 is 2.10 bits per heavy atom. The Balaban J connectivity index is 1.67. The van der Waals surface area contributed by atoms with Crippen LogP contribution in [0.1, 0.15) is 31.2 Å². The minimum Gasteiger partial charge on any atom is -0.372 e. The first-order valence-corrected chi connectivity index (χ1v) is 7.86. The Bertz CT molecular complexity index is 564. The molecule has 2 aromatic rings. The molecule has 2 aromatic carbocycles. The second-order valence-corrected chi connectivity index (χ2v) is 5.59. The summed E-state index contributed by atoms with van der Waals surface area (Å²) in [5.74, 6) is 0. The molecule has 0 atom stereocenters. The van der Waals surface area contributed by atoms with Gasteiger partial charge in [0, 0.05) is 25.0 Å². The van der Waals surface area contributed by atoms with Gasteiger partial charge in [0.15, 0.2) is 0 Å². The van der Waals surface area contributed by atoms with E-state index in [0.29, 0.717) is 0 Å². The van der Waals surface area contributed by atoms with Crippen LogP contribution < -0.4 is 4.90 Å². The van der Waals surface area contributed by atoms with Crippen LogP contribution in [-0.4, -0.2) is 19.3 Å². The van der Waals surface area contributed by atoms with E-state index in [-0.39, 0.29) is 0 Å². The zero-order valence-electron chi connectivity index (χ0n) is 12.4. The van der Waals surface area contributed by atoms with E-state index < -0.39 is 0 Å². The zero-order valence-corrected chi connectivity index (χ0v) is 12.4. The van der Waals surface area contributed by atoms with Gasteiger partial charge in [0.2, 0.25) is 0 Å².